The molecule has 2 fully saturated rings. The lowest BCUT2D eigenvalue weighted by atomic mass is 10.1. The molecule has 0 N–H and O–H groups in total. The summed E-state index contributed by atoms with van der Waals surface area (Å²) in [5.41, 5.74) is 0.841. The van der Waals surface area contributed by atoms with Crippen molar-refractivity contribution >= 4 is 17.5 Å². The second-order valence-corrected chi connectivity index (χ2v) is 7.12. The minimum Gasteiger partial charge on any atom is -0.338 e. The first-order valence-corrected chi connectivity index (χ1v) is 8.89. The van der Waals surface area contributed by atoms with Crippen LogP contribution in [0.25, 0.3) is 11.4 Å². The number of likely N-dealkylation sites (tertiary alicyclic amines) is 1. The third kappa shape index (κ3) is 2.69. The summed E-state index contributed by atoms with van der Waals surface area (Å²) in [4.78, 5) is 16.4. The fraction of sp³-hybridized carbons (Fsp3) is 0.529. The van der Waals surface area contributed by atoms with Gasteiger partial charge in [0.15, 0.2) is 6.04 Å². The maximum absolute atomic E-state index is 12.9. The van der Waals surface area contributed by atoms with Gasteiger partial charge >= 0.3 is 0 Å². The zero-order valence-corrected chi connectivity index (χ0v) is 14.4. The van der Waals surface area contributed by atoms with E-state index in [2.05, 4.69) is 15.4 Å². The Hall–Kier alpha value is -1.95. The number of halogens is 1. The smallest absolute Gasteiger partial charge is 0.249 e. The highest BCUT2D eigenvalue weighted by atomic mass is 35.5. The highest BCUT2D eigenvalue weighted by Crippen LogP contribution is 2.38. The molecular weight excluding hydrogens is 326 g/mol. The fourth-order valence-corrected chi connectivity index (χ4v) is 4.02. The van der Waals surface area contributed by atoms with E-state index in [1.807, 2.05) is 24.0 Å². The molecule has 4 rings (SSSR count). The molecule has 126 valence electrons. The van der Waals surface area contributed by atoms with E-state index < -0.39 is 0 Å². The lowest BCUT2D eigenvalue weighted by Crippen LogP contribution is -2.42. The van der Waals surface area contributed by atoms with Crippen LogP contribution < -0.4 is 0 Å². The molecule has 2 aromatic rings. The first-order chi connectivity index (χ1) is 11.7. The van der Waals surface area contributed by atoms with Crippen LogP contribution in [0.1, 0.15) is 38.6 Å². The van der Waals surface area contributed by atoms with Gasteiger partial charge in [0.25, 0.3) is 0 Å². The molecular formula is C17H20ClN5O. The number of aromatic nitrogens is 4. The molecule has 1 aromatic carbocycles. The predicted octanol–water partition coefficient (Wildman–Crippen LogP) is 2.96. The van der Waals surface area contributed by atoms with Crippen molar-refractivity contribution in [2.24, 2.45) is 5.92 Å². The van der Waals surface area contributed by atoms with Crippen molar-refractivity contribution in [3.63, 3.8) is 0 Å². The van der Waals surface area contributed by atoms with E-state index in [1.54, 1.807) is 12.1 Å². The molecule has 1 aliphatic carbocycles. The number of nitrogens with zero attached hydrogens (tertiary/aromatic N) is 5. The second kappa shape index (κ2) is 6.16. The second-order valence-electron chi connectivity index (χ2n) is 6.69. The number of piperidine rings is 1. The molecule has 1 saturated carbocycles. The maximum Gasteiger partial charge on any atom is 0.249 e. The molecule has 3 atom stereocenters. The Morgan fingerprint density at radius 1 is 1.33 bits per heavy atom. The van der Waals surface area contributed by atoms with Gasteiger partial charge in [-0.15, -0.1) is 10.2 Å². The van der Waals surface area contributed by atoms with Gasteiger partial charge in [-0.05, 0) is 61.1 Å². The highest BCUT2D eigenvalue weighted by molar-refractivity contribution is 6.30. The van der Waals surface area contributed by atoms with Crippen molar-refractivity contribution in [3.05, 3.63) is 29.3 Å². The number of amides is 1. The van der Waals surface area contributed by atoms with Crippen molar-refractivity contribution in [2.45, 2.75) is 44.7 Å². The number of tetrazole rings is 1. The normalized spacial score (nSPS) is 23.7. The molecule has 1 amide bonds. The predicted molar refractivity (Wildman–Crippen MR) is 90.4 cm³/mol. The lowest BCUT2D eigenvalue weighted by molar-refractivity contribution is -0.137. The Bertz CT molecular complexity index is 744. The molecule has 1 aromatic heterocycles. The standard InChI is InChI=1S/C17H20ClN5O/c1-2-15(17(24)22-10-11-3-8-14(22)9-11)23-20-16(19-21-23)12-4-6-13(18)7-5-12/h4-7,11,14-15H,2-3,8-10H2,1H3/t11-,14-,15+/m0/s1. The van der Waals surface area contributed by atoms with Gasteiger partial charge in [0.05, 0.1) is 0 Å². The number of fused-ring (bicyclic) bond motifs is 2. The first kappa shape index (κ1) is 15.6. The van der Waals surface area contributed by atoms with E-state index in [9.17, 15) is 4.79 Å². The fourth-order valence-electron chi connectivity index (χ4n) is 3.89. The van der Waals surface area contributed by atoms with Crippen LogP contribution in [0.3, 0.4) is 0 Å². The van der Waals surface area contributed by atoms with Crippen LogP contribution in [0.15, 0.2) is 24.3 Å². The number of carbonyl (C=O) groups is 1. The molecule has 2 heterocycles. The zero-order valence-electron chi connectivity index (χ0n) is 13.6. The summed E-state index contributed by atoms with van der Waals surface area (Å²) in [5, 5.41) is 13.3. The third-order valence-corrected chi connectivity index (χ3v) is 5.43. The molecule has 7 heteroatoms. The van der Waals surface area contributed by atoms with Gasteiger partial charge in [-0.3, -0.25) is 4.79 Å². The van der Waals surface area contributed by atoms with E-state index in [0.717, 1.165) is 24.9 Å². The van der Waals surface area contributed by atoms with E-state index >= 15 is 0 Å². The number of rotatable bonds is 4. The van der Waals surface area contributed by atoms with Crippen LogP contribution in [-0.2, 0) is 4.79 Å². The Balaban J connectivity index is 1.55. The van der Waals surface area contributed by atoms with Gasteiger partial charge in [0.1, 0.15) is 0 Å². The molecule has 0 spiro atoms. The van der Waals surface area contributed by atoms with Gasteiger partial charge < -0.3 is 4.90 Å². The summed E-state index contributed by atoms with van der Waals surface area (Å²) < 4.78 is 0. The van der Waals surface area contributed by atoms with Gasteiger partial charge in [-0.2, -0.15) is 4.80 Å². The molecule has 24 heavy (non-hydrogen) atoms. The van der Waals surface area contributed by atoms with Gasteiger partial charge in [-0.1, -0.05) is 18.5 Å². The molecule has 6 nitrogen and oxygen atoms in total. The summed E-state index contributed by atoms with van der Waals surface area (Å²) in [6.45, 7) is 2.88. The molecule has 2 bridgehead atoms. The van der Waals surface area contributed by atoms with Gasteiger partial charge in [0, 0.05) is 23.2 Å². The highest BCUT2D eigenvalue weighted by Gasteiger charge is 2.42. The molecule has 2 aliphatic rings. The van der Waals surface area contributed by atoms with Crippen molar-refractivity contribution in [1.82, 2.24) is 25.1 Å². The summed E-state index contributed by atoms with van der Waals surface area (Å²) in [5.74, 6) is 1.33. The average Bonchev–Trinajstić information content (AvgIpc) is 3.32. The molecule has 0 radical (unpaired) electrons. The summed E-state index contributed by atoms with van der Waals surface area (Å²) in [6.07, 6.45) is 4.20. The maximum atomic E-state index is 12.9. The van der Waals surface area contributed by atoms with Crippen LogP contribution in [0, 0.1) is 5.92 Å². The lowest BCUT2D eigenvalue weighted by Gasteiger charge is -2.29. The Morgan fingerprint density at radius 2 is 2.12 bits per heavy atom. The van der Waals surface area contributed by atoms with Crippen LogP contribution in [-0.4, -0.2) is 43.6 Å². The number of hydrogen-bond donors (Lipinski definition) is 0. The van der Waals surface area contributed by atoms with Crippen molar-refractivity contribution in [1.29, 1.82) is 0 Å². The third-order valence-electron chi connectivity index (χ3n) is 5.17. The van der Waals surface area contributed by atoms with Crippen LogP contribution >= 0.6 is 11.6 Å². The number of benzene rings is 1. The Kier molecular flexibility index (Phi) is 4.00. The average molecular weight is 346 g/mol. The largest absolute Gasteiger partial charge is 0.338 e. The van der Waals surface area contributed by atoms with E-state index in [-0.39, 0.29) is 11.9 Å². The van der Waals surface area contributed by atoms with Gasteiger partial charge in [0.2, 0.25) is 11.7 Å². The molecule has 1 saturated heterocycles. The van der Waals surface area contributed by atoms with Crippen molar-refractivity contribution < 1.29 is 4.79 Å². The van der Waals surface area contributed by atoms with Crippen molar-refractivity contribution in [2.75, 3.05) is 6.54 Å². The van der Waals surface area contributed by atoms with Gasteiger partial charge in [-0.25, -0.2) is 0 Å². The Morgan fingerprint density at radius 3 is 2.75 bits per heavy atom. The topological polar surface area (TPSA) is 63.9 Å². The quantitative estimate of drug-likeness (QED) is 0.854. The monoisotopic (exact) mass is 345 g/mol. The zero-order chi connectivity index (χ0) is 16.7. The van der Waals surface area contributed by atoms with E-state index in [4.69, 9.17) is 11.6 Å². The molecule has 0 unspecified atom stereocenters. The Labute approximate surface area is 145 Å². The first-order valence-electron chi connectivity index (χ1n) is 8.51. The number of hydrogen-bond acceptors (Lipinski definition) is 4. The van der Waals surface area contributed by atoms with E-state index in [1.165, 1.54) is 11.2 Å². The summed E-state index contributed by atoms with van der Waals surface area (Å²) in [7, 11) is 0. The van der Waals surface area contributed by atoms with Crippen LogP contribution in [0.5, 0.6) is 0 Å². The van der Waals surface area contributed by atoms with Crippen molar-refractivity contribution in [3.8, 4) is 11.4 Å². The minimum atomic E-state index is -0.377. The number of carbonyl (C=O) groups excluding carboxylic acids is 1. The SMILES string of the molecule is CC[C@H](C(=O)N1C[C@H]2CC[C@H]1C2)n1nnc(-c2ccc(Cl)cc2)n1. The molecule has 1 aliphatic heterocycles. The summed E-state index contributed by atoms with van der Waals surface area (Å²) in [6, 6.07) is 7.33. The minimum absolute atomic E-state index is 0.129. The van der Waals surface area contributed by atoms with E-state index in [0.29, 0.717) is 29.2 Å². The summed E-state index contributed by atoms with van der Waals surface area (Å²) >= 11 is 5.91. The van der Waals surface area contributed by atoms with Crippen LogP contribution in [0.2, 0.25) is 5.02 Å². The van der Waals surface area contributed by atoms with Crippen LogP contribution in [0.4, 0.5) is 0 Å².